The van der Waals surface area contributed by atoms with Crippen molar-refractivity contribution in [2.45, 2.75) is 108 Å². The predicted molar refractivity (Wildman–Crippen MR) is 266 cm³/mol. The lowest BCUT2D eigenvalue weighted by atomic mass is 9.99. The van der Waals surface area contributed by atoms with E-state index < -0.39 is 19.9 Å². The van der Waals surface area contributed by atoms with Gasteiger partial charge in [0, 0.05) is 49.1 Å². The summed E-state index contributed by atoms with van der Waals surface area (Å²) in [7, 11) is -2.23. The zero-order valence-electron chi connectivity index (χ0n) is 38.4. The lowest BCUT2D eigenvalue weighted by molar-refractivity contribution is -0.169. The Morgan fingerprint density at radius 3 is 2.52 bits per heavy atom. The normalized spacial score (nSPS) is 16.5. The lowest BCUT2D eigenvalue weighted by Crippen LogP contribution is -2.43. The quantitative estimate of drug-likeness (QED) is 0.0544. The van der Waals surface area contributed by atoms with Gasteiger partial charge in [0.15, 0.2) is 8.32 Å². The van der Waals surface area contributed by atoms with Crippen molar-refractivity contribution >= 4 is 58.9 Å². The second kappa shape index (κ2) is 18.9. The molecule has 15 heteroatoms. The van der Waals surface area contributed by atoms with Crippen molar-refractivity contribution in [3.63, 3.8) is 0 Å². The van der Waals surface area contributed by atoms with Crippen molar-refractivity contribution < 1.29 is 24.2 Å². The number of aryl methyl sites for hydroxylation is 2. The molecule has 9 rings (SSSR count). The van der Waals surface area contributed by atoms with Crippen LogP contribution in [0.25, 0.3) is 32.4 Å². The van der Waals surface area contributed by atoms with Gasteiger partial charge in [0.2, 0.25) is 11.2 Å². The van der Waals surface area contributed by atoms with Crippen LogP contribution in [0.2, 0.25) is 18.1 Å². The number of nitrogens with zero attached hydrogens (tertiary/aromatic N) is 4. The summed E-state index contributed by atoms with van der Waals surface area (Å²) in [5, 5.41) is 38.5. The van der Waals surface area contributed by atoms with E-state index in [0.717, 1.165) is 84.3 Å². The Morgan fingerprint density at radius 1 is 0.970 bits per heavy atom. The van der Waals surface area contributed by atoms with Crippen molar-refractivity contribution in [3.8, 4) is 16.2 Å². The van der Waals surface area contributed by atoms with E-state index in [0.29, 0.717) is 41.2 Å². The molecule has 66 heavy (non-hydrogen) atoms. The fourth-order valence-corrected chi connectivity index (χ4v) is 12.6. The number of aromatic amines is 1. The Labute approximate surface area is 394 Å². The number of carbonyl (C=O) groups excluding carboxylic acids is 1. The van der Waals surface area contributed by atoms with Gasteiger partial charge in [-0.2, -0.15) is 0 Å². The molecule has 2 aliphatic rings. The molecule has 0 bridgehead atoms. The first-order valence-corrected chi connectivity index (χ1v) is 27.8. The molecule has 0 spiro atoms. The molecule has 0 radical (unpaired) electrons. The smallest absolute Gasteiger partial charge is 0.349 e. The van der Waals surface area contributed by atoms with E-state index in [1.807, 2.05) is 60.0 Å². The van der Waals surface area contributed by atoms with Gasteiger partial charge in [0.1, 0.15) is 17.4 Å². The molecule has 1 saturated heterocycles. The number of phenols is 1. The summed E-state index contributed by atoms with van der Waals surface area (Å²) < 4.78 is 15.3. The number of nitrogens with one attached hydrogen (secondary N) is 2. The summed E-state index contributed by atoms with van der Waals surface area (Å²) in [5.74, 6) is -0.576. The number of phenolic OH excluding ortho intramolecular Hbond substituents is 1. The Morgan fingerprint density at radius 2 is 1.76 bits per heavy atom. The number of pyridine rings is 1. The molecule has 5 heterocycles. The number of thiophene rings is 2. The number of carbonyl (C=O) groups is 1. The van der Waals surface area contributed by atoms with Crippen LogP contribution in [-0.4, -0.2) is 81.7 Å². The minimum absolute atomic E-state index is 0.0174. The number of piperidine rings is 1. The topological polar surface area (TPSA) is 155 Å². The van der Waals surface area contributed by atoms with Crippen LogP contribution < -0.4 is 10.9 Å². The second-order valence-corrected chi connectivity index (χ2v) is 26.1. The number of esters is 1. The predicted octanol–water partition coefficient (Wildman–Crippen LogP) is 9.44. The molecule has 1 aliphatic heterocycles. The second-order valence-electron chi connectivity index (χ2n) is 19.3. The van der Waals surface area contributed by atoms with Gasteiger partial charge in [-0.05, 0) is 133 Å². The third-order valence-electron chi connectivity index (χ3n) is 14.0. The fourth-order valence-electron chi connectivity index (χ4n) is 9.31. The number of hydrogen-bond donors (Lipinski definition) is 4. The zero-order valence-corrected chi connectivity index (χ0v) is 41.1. The van der Waals surface area contributed by atoms with E-state index in [1.165, 1.54) is 45.4 Å². The Bertz CT molecular complexity index is 2880. The highest BCUT2D eigenvalue weighted by atomic mass is 32.1. The van der Waals surface area contributed by atoms with Gasteiger partial charge < -0.3 is 34.6 Å². The van der Waals surface area contributed by atoms with E-state index in [-0.39, 0.29) is 28.6 Å². The number of likely N-dealkylation sites (tertiary alicyclic amines) is 1. The van der Waals surface area contributed by atoms with Gasteiger partial charge in [0.05, 0.1) is 26.9 Å². The first kappa shape index (κ1) is 46.1. The van der Waals surface area contributed by atoms with Crippen molar-refractivity contribution in [2.75, 3.05) is 26.2 Å². The van der Waals surface area contributed by atoms with Crippen molar-refractivity contribution in [1.82, 2.24) is 30.2 Å². The highest BCUT2D eigenvalue weighted by Crippen LogP contribution is 2.43. The number of benzene rings is 3. The monoisotopic (exact) mass is 944 g/mol. The Kier molecular flexibility index (Phi) is 13.2. The van der Waals surface area contributed by atoms with Gasteiger partial charge in [-0.25, -0.2) is 9.48 Å². The van der Waals surface area contributed by atoms with Crippen LogP contribution in [0.15, 0.2) is 95.1 Å². The number of aliphatic hydroxyl groups is 1. The molecule has 4 aromatic heterocycles. The Balaban J connectivity index is 0.821. The number of aromatic nitrogens is 4. The first-order valence-electron chi connectivity index (χ1n) is 23.2. The van der Waals surface area contributed by atoms with E-state index in [1.54, 1.807) is 18.2 Å². The standard InChI is InChI=1S/C51H60N6O6S2Si/c1-50(2,3)66(4,5)63-42(37-17-19-41(58)47-38(37)18-22-46(59)53-47)32-52-31-34-30-40-48(39-15-9-14-36(34)39)57(55-54-40)26-11-25-56-27-23-35(24-28-56)62-49(60)51(61,44-16-10-29-64-44)45-21-20-43(65-45)33-12-7-6-8-13-33/h6-8,10,12-13,16-22,29-30,35,42,52,58,61H,9,11,14-15,23-28,31-32H2,1-5H3,(H,53,59)/t42?,51-/m0/s1. The molecule has 0 saturated carbocycles. The van der Waals surface area contributed by atoms with Crippen molar-refractivity contribution in [3.05, 3.63) is 133 Å². The number of H-pyrrole nitrogens is 1. The van der Waals surface area contributed by atoms with Gasteiger partial charge in [-0.1, -0.05) is 68.4 Å². The van der Waals surface area contributed by atoms with Gasteiger partial charge in [-0.3, -0.25) is 4.79 Å². The summed E-state index contributed by atoms with van der Waals surface area (Å²) in [5.41, 5.74) is 6.29. The van der Waals surface area contributed by atoms with Crippen LogP contribution in [0.5, 0.6) is 5.75 Å². The molecule has 1 unspecified atom stereocenters. The summed E-state index contributed by atoms with van der Waals surface area (Å²) in [6, 6.07) is 26.5. The average Bonchev–Trinajstić information content (AvgIpc) is 4.15. The molecule has 3 aromatic carbocycles. The molecule has 4 N–H and O–H groups in total. The third kappa shape index (κ3) is 9.31. The maximum absolute atomic E-state index is 13.9. The van der Waals surface area contributed by atoms with Crippen LogP contribution in [0.4, 0.5) is 0 Å². The molecular weight excluding hydrogens is 885 g/mol. The number of rotatable bonds is 16. The SMILES string of the molecule is CC(C)(C)[Si](C)(C)OC(CNCc1cc2nnn(CCCN3CCC(OC(=O)[C@](O)(c4cccs4)c4ccc(-c5ccccc5)s4)CC3)c2c2c1CCC2)c1ccc(O)c2[nH]c(=O)ccc12. The number of fused-ring (bicyclic) bond motifs is 4. The molecule has 0 amide bonds. The van der Waals surface area contributed by atoms with Gasteiger partial charge in [0.25, 0.3) is 0 Å². The fraction of sp³-hybridized carbons (Fsp3) is 0.412. The Hall–Kier alpha value is -5.00. The van der Waals surface area contributed by atoms with Crippen molar-refractivity contribution in [2.24, 2.45) is 0 Å². The first-order chi connectivity index (χ1) is 31.7. The molecular formula is C51H60N6O6S2Si. The lowest BCUT2D eigenvalue weighted by Gasteiger charge is -2.39. The maximum Gasteiger partial charge on any atom is 0.349 e. The average molecular weight is 945 g/mol. The van der Waals surface area contributed by atoms with E-state index >= 15 is 0 Å². The van der Waals surface area contributed by atoms with Crippen LogP contribution in [0.3, 0.4) is 0 Å². The van der Waals surface area contributed by atoms with Gasteiger partial charge in [-0.15, -0.1) is 27.8 Å². The molecule has 12 nitrogen and oxygen atoms in total. The summed E-state index contributed by atoms with van der Waals surface area (Å²) in [6.07, 6.45) is 4.85. The van der Waals surface area contributed by atoms with Crippen LogP contribution in [0.1, 0.15) is 84.6 Å². The van der Waals surface area contributed by atoms with E-state index in [2.05, 4.69) is 70.1 Å². The van der Waals surface area contributed by atoms with E-state index in [4.69, 9.17) is 9.16 Å². The molecule has 1 aliphatic carbocycles. The van der Waals surface area contributed by atoms with E-state index in [9.17, 15) is 19.8 Å². The minimum Gasteiger partial charge on any atom is -0.506 e. The minimum atomic E-state index is -2.23. The number of aromatic hydroxyl groups is 1. The zero-order chi connectivity index (χ0) is 46.2. The molecule has 346 valence electrons. The van der Waals surface area contributed by atoms with Crippen molar-refractivity contribution in [1.29, 1.82) is 0 Å². The van der Waals surface area contributed by atoms with Crippen LogP contribution >= 0.6 is 22.7 Å². The molecule has 2 atom stereocenters. The largest absolute Gasteiger partial charge is 0.506 e. The highest BCUT2D eigenvalue weighted by molar-refractivity contribution is 7.16. The highest BCUT2D eigenvalue weighted by Gasteiger charge is 2.45. The van der Waals surface area contributed by atoms with Gasteiger partial charge >= 0.3 is 5.97 Å². The maximum atomic E-state index is 13.9. The van der Waals surface area contributed by atoms with Crippen LogP contribution in [-0.2, 0) is 45.5 Å². The number of hydrogen-bond acceptors (Lipinski definition) is 12. The third-order valence-corrected chi connectivity index (χ3v) is 20.7. The molecule has 1 fully saturated rings. The van der Waals surface area contributed by atoms with Crippen LogP contribution in [0, 0.1) is 0 Å². The number of ether oxygens (including phenoxy) is 1. The summed E-state index contributed by atoms with van der Waals surface area (Å²) >= 11 is 2.78. The summed E-state index contributed by atoms with van der Waals surface area (Å²) in [4.78, 5) is 33.5. The molecule has 7 aromatic rings. The summed E-state index contributed by atoms with van der Waals surface area (Å²) in [6.45, 7) is 15.7.